The molecule has 0 bridgehead atoms. The Morgan fingerprint density at radius 1 is 0.966 bits per heavy atom. The summed E-state index contributed by atoms with van der Waals surface area (Å²) in [5.74, 6) is -2.75. The number of carboxylic acid groups (broad SMARTS) is 1. The third kappa shape index (κ3) is 9.20. The van der Waals surface area contributed by atoms with Crippen LogP contribution in [-0.4, -0.2) is 53.5 Å². The quantitative estimate of drug-likeness (QED) is 0.343. The van der Waals surface area contributed by atoms with Crippen LogP contribution in [0.25, 0.3) is 0 Å². The van der Waals surface area contributed by atoms with Gasteiger partial charge in [0.15, 0.2) is 0 Å². The number of carbonyl (C=O) groups is 4. The van der Waals surface area contributed by atoms with Gasteiger partial charge in [-0.2, -0.15) is 0 Å². The van der Waals surface area contributed by atoms with E-state index in [1.807, 2.05) is 19.9 Å². The molecule has 9 nitrogen and oxygen atoms in total. The molecule has 1 aromatic carbocycles. The van der Waals surface area contributed by atoms with Crippen LogP contribution in [0.3, 0.4) is 0 Å². The summed E-state index contributed by atoms with van der Waals surface area (Å²) in [6.07, 6.45) is 0.436. The molecule has 0 spiro atoms. The van der Waals surface area contributed by atoms with E-state index in [9.17, 15) is 24.3 Å². The van der Waals surface area contributed by atoms with Crippen molar-refractivity contribution in [2.24, 2.45) is 11.7 Å². The molecule has 1 aromatic rings. The second kappa shape index (κ2) is 11.8. The molecule has 0 radical (unpaired) electrons. The zero-order chi connectivity index (χ0) is 22.0. The largest absolute Gasteiger partial charge is 0.480 e. The van der Waals surface area contributed by atoms with Crippen LogP contribution >= 0.6 is 0 Å². The normalized spacial score (nSPS) is 13.8. The molecule has 29 heavy (non-hydrogen) atoms. The Morgan fingerprint density at radius 2 is 1.59 bits per heavy atom. The number of hydrogen-bond donors (Lipinski definition) is 5. The van der Waals surface area contributed by atoms with E-state index < -0.39 is 41.8 Å². The highest BCUT2D eigenvalue weighted by Gasteiger charge is 2.27. The van der Waals surface area contributed by atoms with Crippen molar-refractivity contribution in [1.82, 2.24) is 16.0 Å². The standard InChI is InChI=1S/C20H30N4O5/c1-12(2)9-16(20(28)29)24-19(27)15(10-14-7-5-4-6-8-14)23-17(25)11-22-18(26)13(3)21/h4-8,12-13,15-16H,9-11,21H2,1-3H3,(H,22,26)(H,23,25)(H,24,27)(H,28,29)/t13-,15+,16+/m1/s1. The van der Waals surface area contributed by atoms with Gasteiger partial charge in [-0.3, -0.25) is 14.4 Å². The number of carbonyl (C=O) groups excluding carboxylic acids is 3. The van der Waals surface area contributed by atoms with Gasteiger partial charge in [0.1, 0.15) is 12.1 Å². The van der Waals surface area contributed by atoms with Gasteiger partial charge >= 0.3 is 5.97 Å². The molecule has 0 saturated carbocycles. The van der Waals surface area contributed by atoms with E-state index in [-0.39, 0.29) is 25.3 Å². The van der Waals surface area contributed by atoms with Crippen LogP contribution in [0.2, 0.25) is 0 Å². The molecular weight excluding hydrogens is 376 g/mol. The lowest BCUT2D eigenvalue weighted by Crippen LogP contribution is -2.54. The minimum absolute atomic E-state index is 0.0621. The van der Waals surface area contributed by atoms with Crippen LogP contribution in [0.4, 0.5) is 0 Å². The molecule has 160 valence electrons. The van der Waals surface area contributed by atoms with Crippen LogP contribution < -0.4 is 21.7 Å². The van der Waals surface area contributed by atoms with E-state index >= 15 is 0 Å². The lowest BCUT2D eigenvalue weighted by Gasteiger charge is -2.22. The second-order valence-electron chi connectivity index (χ2n) is 7.35. The fraction of sp³-hybridized carbons (Fsp3) is 0.500. The van der Waals surface area contributed by atoms with Gasteiger partial charge in [-0.15, -0.1) is 0 Å². The number of nitrogens with two attached hydrogens (primary N) is 1. The average molecular weight is 406 g/mol. The minimum atomic E-state index is -1.14. The van der Waals surface area contributed by atoms with Crippen LogP contribution in [0.15, 0.2) is 30.3 Å². The minimum Gasteiger partial charge on any atom is -0.480 e. The number of aliphatic carboxylic acids is 1. The summed E-state index contributed by atoms with van der Waals surface area (Å²) in [5.41, 5.74) is 6.23. The predicted molar refractivity (Wildman–Crippen MR) is 108 cm³/mol. The fourth-order valence-electron chi connectivity index (χ4n) is 2.60. The summed E-state index contributed by atoms with van der Waals surface area (Å²) in [6.45, 7) is 4.85. The Kier molecular flexibility index (Phi) is 9.81. The molecule has 6 N–H and O–H groups in total. The van der Waals surface area contributed by atoms with Crippen molar-refractivity contribution in [3.05, 3.63) is 35.9 Å². The first-order valence-corrected chi connectivity index (χ1v) is 9.49. The van der Waals surface area contributed by atoms with Crippen molar-refractivity contribution < 1.29 is 24.3 Å². The zero-order valence-corrected chi connectivity index (χ0v) is 17.0. The van der Waals surface area contributed by atoms with Gasteiger partial charge in [-0.05, 0) is 24.8 Å². The summed E-state index contributed by atoms with van der Waals surface area (Å²) in [6, 6.07) is 6.20. The third-order valence-electron chi connectivity index (χ3n) is 4.09. The van der Waals surface area contributed by atoms with Crippen molar-refractivity contribution >= 4 is 23.7 Å². The Balaban J connectivity index is 2.86. The molecule has 0 aliphatic heterocycles. The van der Waals surface area contributed by atoms with Gasteiger partial charge in [-0.25, -0.2) is 4.79 Å². The summed E-state index contributed by atoms with van der Waals surface area (Å²) in [4.78, 5) is 47.9. The van der Waals surface area contributed by atoms with Crippen molar-refractivity contribution in [1.29, 1.82) is 0 Å². The van der Waals surface area contributed by atoms with Gasteiger partial charge in [0, 0.05) is 6.42 Å². The van der Waals surface area contributed by atoms with Crippen LogP contribution in [-0.2, 0) is 25.6 Å². The summed E-state index contributed by atoms with van der Waals surface area (Å²) in [5, 5.41) is 16.8. The molecular formula is C20H30N4O5. The number of hydrogen-bond acceptors (Lipinski definition) is 5. The summed E-state index contributed by atoms with van der Waals surface area (Å²) < 4.78 is 0. The zero-order valence-electron chi connectivity index (χ0n) is 17.0. The molecule has 0 aromatic heterocycles. The lowest BCUT2D eigenvalue weighted by atomic mass is 10.0. The number of benzene rings is 1. The van der Waals surface area contributed by atoms with Gasteiger partial charge in [0.25, 0.3) is 0 Å². The van der Waals surface area contributed by atoms with Crippen molar-refractivity contribution in [3.63, 3.8) is 0 Å². The fourth-order valence-corrected chi connectivity index (χ4v) is 2.60. The van der Waals surface area contributed by atoms with E-state index in [4.69, 9.17) is 5.73 Å². The monoisotopic (exact) mass is 406 g/mol. The second-order valence-corrected chi connectivity index (χ2v) is 7.35. The third-order valence-corrected chi connectivity index (χ3v) is 4.09. The Labute approximate surface area is 170 Å². The number of rotatable bonds is 11. The first kappa shape index (κ1) is 24.1. The first-order valence-electron chi connectivity index (χ1n) is 9.49. The van der Waals surface area contributed by atoms with E-state index in [0.717, 1.165) is 5.56 Å². The maximum atomic E-state index is 12.7. The van der Waals surface area contributed by atoms with Crippen molar-refractivity contribution in [3.8, 4) is 0 Å². The summed E-state index contributed by atoms with van der Waals surface area (Å²) >= 11 is 0. The molecule has 0 unspecified atom stereocenters. The Bertz CT molecular complexity index is 706. The van der Waals surface area contributed by atoms with Gasteiger partial charge in [-0.1, -0.05) is 44.2 Å². The number of nitrogens with one attached hydrogen (secondary N) is 3. The van der Waals surface area contributed by atoms with E-state index in [2.05, 4.69) is 16.0 Å². The van der Waals surface area contributed by atoms with Gasteiger partial charge in [0.05, 0.1) is 12.6 Å². The molecule has 9 heteroatoms. The SMILES string of the molecule is CC(C)C[C@H](NC(=O)[C@H](Cc1ccccc1)NC(=O)CNC(=O)[C@@H](C)N)C(=O)O. The Hall–Kier alpha value is -2.94. The average Bonchev–Trinajstić information content (AvgIpc) is 2.65. The molecule has 0 aliphatic rings. The van der Waals surface area contributed by atoms with Crippen molar-refractivity contribution in [2.45, 2.75) is 51.7 Å². The highest BCUT2D eigenvalue weighted by molar-refractivity contribution is 5.92. The van der Waals surface area contributed by atoms with Crippen molar-refractivity contribution in [2.75, 3.05) is 6.54 Å². The molecule has 0 aliphatic carbocycles. The van der Waals surface area contributed by atoms with E-state index in [1.165, 1.54) is 6.92 Å². The van der Waals surface area contributed by atoms with Gasteiger partial charge in [0.2, 0.25) is 17.7 Å². The highest BCUT2D eigenvalue weighted by atomic mass is 16.4. The molecule has 0 fully saturated rings. The smallest absolute Gasteiger partial charge is 0.326 e. The molecule has 0 saturated heterocycles. The van der Waals surface area contributed by atoms with Crippen LogP contribution in [0.5, 0.6) is 0 Å². The molecule has 1 rings (SSSR count). The molecule has 3 amide bonds. The predicted octanol–water partition coefficient (Wildman–Crippen LogP) is -0.207. The van der Waals surface area contributed by atoms with Crippen LogP contribution in [0.1, 0.15) is 32.8 Å². The van der Waals surface area contributed by atoms with E-state index in [0.29, 0.717) is 0 Å². The highest BCUT2D eigenvalue weighted by Crippen LogP contribution is 2.08. The summed E-state index contributed by atoms with van der Waals surface area (Å²) in [7, 11) is 0. The van der Waals surface area contributed by atoms with Gasteiger partial charge < -0.3 is 26.8 Å². The molecule has 0 heterocycles. The van der Waals surface area contributed by atoms with E-state index in [1.54, 1.807) is 24.3 Å². The van der Waals surface area contributed by atoms with Crippen LogP contribution in [0, 0.1) is 5.92 Å². The first-order chi connectivity index (χ1) is 13.6. The maximum Gasteiger partial charge on any atom is 0.326 e. The Morgan fingerprint density at radius 3 is 2.10 bits per heavy atom. The number of carboxylic acids is 1. The molecule has 3 atom stereocenters. The maximum absolute atomic E-state index is 12.7. The number of amides is 3. The topological polar surface area (TPSA) is 151 Å². The lowest BCUT2D eigenvalue weighted by molar-refractivity contribution is -0.142.